The number of aromatic nitrogens is 3. The molecule has 2 fully saturated rings. The van der Waals surface area contributed by atoms with Crippen LogP contribution < -0.4 is 10.2 Å². The van der Waals surface area contributed by atoms with Gasteiger partial charge in [0.15, 0.2) is 5.82 Å². The fourth-order valence-electron chi connectivity index (χ4n) is 3.25. The van der Waals surface area contributed by atoms with Gasteiger partial charge in [0.05, 0.1) is 24.4 Å². The molecule has 27 heavy (non-hydrogen) atoms. The Morgan fingerprint density at radius 2 is 1.74 bits per heavy atom. The van der Waals surface area contributed by atoms with Crippen molar-refractivity contribution in [3.63, 3.8) is 0 Å². The van der Waals surface area contributed by atoms with Crippen molar-refractivity contribution < 1.29 is 9.13 Å². The lowest BCUT2D eigenvalue weighted by molar-refractivity contribution is 0.122. The van der Waals surface area contributed by atoms with E-state index in [-0.39, 0.29) is 5.82 Å². The van der Waals surface area contributed by atoms with E-state index in [1.165, 1.54) is 12.1 Å². The van der Waals surface area contributed by atoms with Gasteiger partial charge in [0.2, 0.25) is 5.95 Å². The number of fused-ring (bicyclic) bond motifs is 1. The molecule has 1 N–H and O–H groups in total. The summed E-state index contributed by atoms with van der Waals surface area (Å²) in [6, 6.07) is 10.7. The van der Waals surface area contributed by atoms with E-state index in [2.05, 4.69) is 15.2 Å². The molecule has 0 unspecified atom stereocenters. The third-order valence-electron chi connectivity index (χ3n) is 4.89. The molecule has 1 aliphatic carbocycles. The highest BCUT2D eigenvalue weighted by Crippen LogP contribution is 2.30. The highest BCUT2D eigenvalue weighted by Gasteiger charge is 2.24. The number of nitrogens with one attached hydrogen (secondary N) is 1. The minimum absolute atomic E-state index is 0.257. The zero-order valence-corrected chi connectivity index (χ0v) is 14.9. The van der Waals surface area contributed by atoms with Gasteiger partial charge in [-0.15, -0.1) is 0 Å². The SMILES string of the molecule is Fc1ccc(-c2ccc3nc(NC4CC4)nc(N4CCOCC4)c3n2)cc1. The van der Waals surface area contributed by atoms with Crippen molar-refractivity contribution in [1.29, 1.82) is 0 Å². The molecule has 1 saturated heterocycles. The fourth-order valence-corrected chi connectivity index (χ4v) is 3.25. The highest BCUT2D eigenvalue weighted by atomic mass is 19.1. The summed E-state index contributed by atoms with van der Waals surface area (Å²) in [4.78, 5) is 16.5. The molecule has 2 aliphatic rings. The van der Waals surface area contributed by atoms with Gasteiger partial charge < -0.3 is 15.0 Å². The Morgan fingerprint density at radius 3 is 2.48 bits per heavy atom. The molecule has 0 bridgehead atoms. The second kappa shape index (κ2) is 6.74. The molecule has 0 spiro atoms. The number of pyridine rings is 1. The van der Waals surface area contributed by atoms with Crippen molar-refractivity contribution in [3.05, 3.63) is 42.2 Å². The van der Waals surface area contributed by atoms with Gasteiger partial charge in [-0.25, -0.2) is 14.4 Å². The van der Waals surface area contributed by atoms with Crippen molar-refractivity contribution in [2.45, 2.75) is 18.9 Å². The Bertz CT molecular complexity index is 968. The van der Waals surface area contributed by atoms with E-state index in [4.69, 9.17) is 14.7 Å². The average Bonchev–Trinajstić information content (AvgIpc) is 3.52. The number of morpholine rings is 1. The van der Waals surface area contributed by atoms with Crippen molar-refractivity contribution in [3.8, 4) is 11.3 Å². The van der Waals surface area contributed by atoms with Crippen LogP contribution in [-0.4, -0.2) is 47.3 Å². The predicted octanol–water partition coefficient (Wildman–Crippen LogP) is 3.24. The van der Waals surface area contributed by atoms with Crippen LogP contribution in [0, 0.1) is 5.82 Å². The first kappa shape index (κ1) is 16.4. The Labute approximate surface area is 156 Å². The number of nitrogens with zero attached hydrogens (tertiary/aromatic N) is 4. The number of rotatable bonds is 4. The average molecular weight is 365 g/mol. The molecular formula is C20H20FN5O. The summed E-state index contributed by atoms with van der Waals surface area (Å²) in [5, 5.41) is 3.39. The maximum Gasteiger partial charge on any atom is 0.225 e. The number of halogens is 1. The third kappa shape index (κ3) is 3.42. The van der Waals surface area contributed by atoms with Crippen LogP contribution in [0.5, 0.6) is 0 Å². The van der Waals surface area contributed by atoms with Crippen LogP contribution in [0.3, 0.4) is 0 Å². The predicted molar refractivity (Wildman–Crippen MR) is 102 cm³/mol. The molecule has 138 valence electrons. The molecule has 6 nitrogen and oxygen atoms in total. The maximum atomic E-state index is 13.3. The Balaban J connectivity index is 1.61. The number of benzene rings is 1. The third-order valence-corrected chi connectivity index (χ3v) is 4.89. The van der Waals surface area contributed by atoms with E-state index in [0.717, 1.165) is 54.0 Å². The lowest BCUT2D eigenvalue weighted by Crippen LogP contribution is -2.37. The van der Waals surface area contributed by atoms with E-state index in [1.807, 2.05) is 12.1 Å². The fraction of sp³-hybridized carbons (Fsp3) is 0.350. The topological polar surface area (TPSA) is 63.2 Å². The molecule has 1 aromatic carbocycles. The first-order valence-electron chi connectivity index (χ1n) is 9.30. The van der Waals surface area contributed by atoms with Crippen LogP contribution in [0.1, 0.15) is 12.8 Å². The standard InChI is InChI=1S/C20H20FN5O/c21-14-3-1-13(2-4-14)16-7-8-17-18(23-16)19(26-9-11-27-12-10-26)25-20(24-17)22-15-5-6-15/h1-4,7-8,15H,5-6,9-12H2,(H,22,24,25). The van der Waals surface area contributed by atoms with Crippen LogP contribution in [0.4, 0.5) is 16.2 Å². The lowest BCUT2D eigenvalue weighted by atomic mass is 10.1. The summed E-state index contributed by atoms with van der Waals surface area (Å²) < 4.78 is 18.7. The van der Waals surface area contributed by atoms with Gasteiger partial charge in [-0.3, -0.25) is 0 Å². The molecule has 5 rings (SSSR count). The van der Waals surface area contributed by atoms with Gasteiger partial charge in [-0.05, 0) is 49.2 Å². The molecule has 0 atom stereocenters. The van der Waals surface area contributed by atoms with E-state index < -0.39 is 0 Å². The van der Waals surface area contributed by atoms with Crippen molar-refractivity contribution in [1.82, 2.24) is 15.0 Å². The largest absolute Gasteiger partial charge is 0.378 e. The Hall–Kier alpha value is -2.80. The van der Waals surface area contributed by atoms with Gasteiger partial charge in [0.1, 0.15) is 11.3 Å². The van der Waals surface area contributed by atoms with E-state index in [9.17, 15) is 4.39 Å². The minimum Gasteiger partial charge on any atom is -0.378 e. The second-order valence-corrected chi connectivity index (χ2v) is 6.96. The van der Waals surface area contributed by atoms with Crippen LogP contribution >= 0.6 is 0 Å². The zero-order chi connectivity index (χ0) is 18.2. The van der Waals surface area contributed by atoms with Crippen LogP contribution in [0.25, 0.3) is 22.3 Å². The number of hydrogen-bond acceptors (Lipinski definition) is 6. The van der Waals surface area contributed by atoms with Gasteiger partial charge >= 0.3 is 0 Å². The molecule has 2 aromatic heterocycles. The van der Waals surface area contributed by atoms with Gasteiger partial charge in [-0.1, -0.05) is 0 Å². The summed E-state index contributed by atoms with van der Waals surface area (Å²) in [7, 11) is 0. The second-order valence-electron chi connectivity index (χ2n) is 6.96. The van der Waals surface area contributed by atoms with Gasteiger partial charge in [0.25, 0.3) is 0 Å². The first-order chi connectivity index (χ1) is 13.3. The summed E-state index contributed by atoms with van der Waals surface area (Å²) in [5.41, 5.74) is 3.22. The Kier molecular flexibility index (Phi) is 4.09. The minimum atomic E-state index is -0.257. The van der Waals surface area contributed by atoms with Crippen LogP contribution in [0.2, 0.25) is 0 Å². The van der Waals surface area contributed by atoms with E-state index in [0.29, 0.717) is 25.2 Å². The molecule has 3 aromatic rings. The Morgan fingerprint density at radius 1 is 0.963 bits per heavy atom. The molecule has 0 radical (unpaired) electrons. The first-order valence-corrected chi connectivity index (χ1v) is 9.30. The zero-order valence-electron chi connectivity index (χ0n) is 14.9. The molecule has 3 heterocycles. The van der Waals surface area contributed by atoms with Crippen molar-refractivity contribution >= 4 is 22.8 Å². The van der Waals surface area contributed by atoms with Crippen LogP contribution in [0.15, 0.2) is 36.4 Å². The normalized spacial score (nSPS) is 17.3. The smallest absolute Gasteiger partial charge is 0.225 e. The van der Waals surface area contributed by atoms with Crippen molar-refractivity contribution in [2.75, 3.05) is 36.5 Å². The number of hydrogen-bond donors (Lipinski definition) is 1. The van der Waals surface area contributed by atoms with E-state index >= 15 is 0 Å². The summed E-state index contributed by atoms with van der Waals surface area (Å²) in [5.74, 6) is 1.23. The molecule has 1 saturated carbocycles. The monoisotopic (exact) mass is 365 g/mol. The maximum absolute atomic E-state index is 13.3. The quantitative estimate of drug-likeness (QED) is 0.766. The van der Waals surface area contributed by atoms with Gasteiger partial charge in [0, 0.05) is 24.7 Å². The van der Waals surface area contributed by atoms with Gasteiger partial charge in [-0.2, -0.15) is 4.98 Å². The summed E-state index contributed by atoms with van der Waals surface area (Å²) in [6.07, 6.45) is 2.33. The summed E-state index contributed by atoms with van der Waals surface area (Å²) in [6.45, 7) is 2.90. The van der Waals surface area contributed by atoms with Crippen molar-refractivity contribution in [2.24, 2.45) is 0 Å². The molecule has 1 aliphatic heterocycles. The number of anilines is 2. The summed E-state index contributed by atoms with van der Waals surface area (Å²) >= 11 is 0. The number of ether oxygens (including phenoxy) is 1. The van der Waals surface area contributed by atoms with E-state index in [1.54, 1.807) is 12.1 Å². The molecule has 7 heteroatoms. The highest BCUT2D eigenvalue weighted by molar-refractivity contribution is 5.88. The molecule has 0 amide bonds. The van der Waals surface area contributed by atoms with Crippen LogP contribution in [-0.2, 0) is 4.74 Å². The molecular weight excluding hydrogens is 345 g/mol. The lowest BCUT2D eigenvalue weighted by Gasteiger charge is -2.28.